The summed E-state index contributed by atoms with van der Waals surface area (Å²) >= 11 is 1.56. The van der Waals surface area contributed by atoms with Crippen LogP contribution in [-0.2, 0) is 16.0 Å². The largest absolute Gasteiger partial charge is 0.378 e. The van der Waals surface area contributed by atoms with Crippen LogP contribution in [0.1, 0.15) is 5.69 Å². The minimum Gasteiger partial charge on any atom is -0.378 e. The zero-order valence-electron chi connectivity index (χ0n) is 14.9. The molecule has 1 aliphatic rings. The van der Waals surface area contributed by atoms with Crippen LogP contribution in [0, 0.1) is 0 Å². The lowest BCUT2D eigenvalue weighted by Crippen LogP contribution is -2.36. The number of rotatable bonds is 5. The maximum absolute atomic E-state index is 12.3. The first-order chi connectivity index (χ1) is 13.3. The maximum Gasteiger partial charge on any atom is 0.230 e. The fourth-order valence-corrected chi connectivity index (χ4v) is 3.87. The van der Waals surface area contributed by atoms with E-state index in [-0.39, 0.29) is 12.3 Å². The molecule has 2 aromatic carbocycles. The summed E-state index contributed by atoms with van der Waals surface area (Å²) in [6, 6.07) is 18.0. The zero-order valence-corrected chi connectivity index (χ0v) is 15.7. The van der Waals surface area contributed by atoms with Crippen LogP contribution >= 0.6 is 11.3 Å². The highest BCUT2D eigenvalue weighted by Gasteiger charge is 2.12. The van der Waals surface area contributed by atoms with Crippen molar-refractivity contribution in [1.29, 1.82) is 0 Å². The highest BCUT2D eigenvalue weighted by Crippen LogP contribution is 2.24. The fraction of sp³-hybridized carbons (Fsp3) is 0.238. The Morgan fingerprint density at radius 2 is 1.81 bits per heavy atom. The molecule has 1 aromatic heterocycles. The van der Waals surface area contributed by atoms with Gasteiger partial charge in [0.25, 0.3) is 0 Å². The molecule has 0 aliphatic carbocycles. The summed E-state index contributed by atoms with van der Waals surface area (Å²) in [7, 11) is 0. The number of carbonyl (C=O) groups is 1. The highest BCUT2D eigenvalue weighted by molar-refractivity contribution is 7.13. The van der Waals surface area contributed by atoms with Gasteiger partial charge in [-0.05, 0) is 24.3 Å². The molecule has 0 radical (unpaired) electrons. The molecule has 0 spiro atoms. The van der Waals surface area contributed by atoms with Crippen molar-refractivity contribution in [3.8, 4) is 10.6 Å². The number of hydrogen-bond acceptors (Lipinski definition) is 5. The van der Waals surface area contributed by atoms with Crippen LogP contribution in [0.3, 0.4) is 0 Å². The summed E-state index contributed by atoms with van der Waals surface area (Å²) in [4.78, 5) is 19.2. The molecule has 138 valence electrons. The third-order valence-corrected chi connectivity index (χ3v) is 5.38. The normalized spacial score (nSPS) is 14.1. The monoisotopic (exact) mass is 379 g/mol. The number of ether oxygens (including phenoxy) is 1. The SMILES string of the molecule is O=C(Cc1csc(-c2ccccc2)n1)Nc1ccc(N2CCOCC2)cc1. The number of hydrogen-bond donors (Lipinski definition) is 1. The number of nitrogens with zero attached hydrogens (tertiary/aromatic N) is 2. The number of benzene rings is 2. The summed E-state index contributed by atoms with van der Waals surface area (Å²) in [6.45, 7) is 3.33. The predicted octanol–water partition coefficient (Wildman–Crippen LogP) is 3.83. The van der Waals surface area contributed by atoms with Crippen molar-refractivity contribution in [2.24, 2.45) is 0 Å². The van der Waals surface area contributed by atoms with Gasteiger partial charge in [-0.25, -0.2) is 4.98 Å². The molecule has 1 saturated heterocycles. The van der Waals surface area contributed by atoms with E-state index in [1.807, 2.05) is 60.0 Å². The minimum absolute atomic E-state index is 0.0564. The molecule has 0 unspecified atom stereocenters. The van der Waals surface area contributed by atoms with E-state index in [0.717, 1.165) is 53.9 Å². The quantitative estimate of drug-likeness (QED) is 0.732. The van der Waals surface area contributed by atoms with E-state index in [9.17, 15) is 4.79 Å². The molecule has 1 fully saturated rings. The first-order valence-electron chi connectivity index (χ1n) is 9.00. The zero-order chi connectivity index (χ0) is 18.5. The molecule has 5 nitrogen and oxygen atoms in total. The molecule has 0 bridgehead atoms. The molecular formula is C21H21N3O2S. The lowest BCUT2D eigenvalue weighted by molar-refractivity contribution is -0.115. The first kappa shape index (κ1) is 17.7. The molecule has 1 aliphatic heterocycles. The molecule has 0 saturated carbocycles. The molecule has 27 heavy (non-hydrogen) atoms. The number of thiazole rings is 1. The first-order valence-corrected chi connectivity index (χ1v) is 9.88. The number of morpholine rings is 1. The Bertz CT molecular complexity index is 887. The Morgan fingerprint density at radius 3 is 2.56 bits per heavy atom. The van der Waals surface area contributed by atoms with Crippen LogP contribution in [-0.4, -0.2) is 37.2 Å². The molecule has 4 rings (SSSR count). The van der Waals surface area contributed by atoms with Crippen molar-refractivity contribution in [3.05, 3.63) is 65.7 Å². The molecule has 1 amide bonds. The average Bonchev–Trinajstić information content (AvgIpc) is 3.18. The van der Waals surface area contributed by atoms with Gasteiger partial charge in [-0.2, -0.15) is 0 Å². The number of nitrogens with one attached hydrogen (secondary N) is 1. The van der Waals surface area contributed by atoms with Gasteiger partial charge < -0.3 is 15.0 Å². The molecule has 2 heterocycles. The predicted molar refractivity (Wildman–Crippen MR) is 109 cm³/mol. The summed E-state index contributed by atoms with van der Waals surface area (Å²) < 4.78 is 5.38. The van der Waals surface area contributed by atoms with E-state index in [4.69, 9.17) is 4.74 Å². The Hall–Kier alpha value is -2.70. The van der Waals surface area contributed by atoms with Gasteiger partial charge in [0, 0.05) is 35.4 Å². The van der Waals surface area contributed by atoms with Gasteiger partial charge in [0.05, 0.1) is 25.3 Å². The Labute approximate surface area is 162 Å². The van der Waals surface area contributed by atoms with Crippen molar-refractivity contribution >= 4 is 28.6 Å². The number of carbonyl (C=O) groups excluding carboxylic acids is 1. The lowest BCUT2D eigenvalue weighted by atomic mass is 10.2. The fourth-order valence-electron chi connectivity index (χ4n) is 3.05. The number of anilines is 2. The average molecular weight is 379 g/mol. The molecule has 0 atom stereocenters. The second-order valence-corrected chi connectivity index (χ2v) is 7.24. The van der Waals surface area contributed by atoms with Crippen molar-refractivity contribution < 1.29 is 9.53 Å². The minimum atomic E-state index is -0.0564. The second kappa shape index (κ2) is 8.33. The van der Waals surface area contributed by atoms with Gasteiger partial charge in [0.2, 0.25) is 5.91 Å². The van der Waals surface area contributed by atoms with Gasteiger partial charge in [-0.1, -0.05) is 30.3 Å². The van der Waals surface area contributed by atoms with E-state index >= 15 is 0 Å². The topological polar surface area (TPSA) is 54.5 Å². The van der Waals surface area contributed by atoms with Gasteiger partial charge >= 0.3 is 0 Å². The standard InChI is InChI=1S/C21H21N3O2S/c25-20(14-18-15-27-21(23-18)16-4-2-1-3-5-16)22-17-6-8-19(9-7-17)24-10-12-26-13-11-24/h1-9,15H,10-14H2,(H,22,25). The van der Waals surface area contributed by atoms with Gasteiger partial charge in [0.15, 0.2) is 0 Å². The van der Waals surface area contributed by atoms with Crippen LogP contribution < -0.4 is 10.2 Å². The molecule has 6 heteroatoms. The number of aromatic nitrogens is 1. The van der Waals surface area contributed by atoms with Crippen LogP contribution in [0.15, 0.2) is 60.0 Å². The van der Waals surface area contributed by atoms with Gasteiger partial charge in [0.1, 0.15) is 5.01 Å². The van der Waals surface area contributed by atoms with Crippen LogP contribution in [0.25, 0.3) is 10.6 Å². The van der Waals surface area contributed by atoms with Crippen molar-refractivity contribution in [3.63, 3.8) is 0 Å². The van der Waals surface area contributed by atoms with Gasteiger partial charge in [-0.3, -0.25) is 4.79 Å². The second-order valence-electron chi connectivity index (χ2n) is 6.38. The third-order valence-electron chi connectivity index (χ3n) is 4.44. The van der Waals surface area contributed by atoms with E-state index in [0.29, 0.717) is 0 Å². The van der Waals surface area contributed by atoms with E-state index in [1.165, 1.54) is 0 Å². The van der Waals surface area contributed by atoms with Crippen LogP contribution in [0.5, 0.6) is 0 Å². The molecule has 1 N–H and O–H groups in total. The van der Waals surface area contributed by atoms with Crippen molar-refractivity contribution in [2.75, 3.05) is 36.5 Å². The van der Waals surface area contributed by atoms with E-state index in [1.54, 1.807) is 11.3 Å². The Kier molecular flexibility index (Phi) is 5.46. The van der Waals surface area contributed by atoms with E-state index in [2.05, 4.69) is 15.2 Å². The van der Waals surface area contributed by atoms with Gasteiger partial charge in [-0.15, -0.1) is 11.3 Å². The smallest absolute Gasteiger partial charge is 0.230 e. The summed E-state index contributed by atoms with van der Waals surface area (Å²) in [5.74, 6) is -0.0564. The van der Waals surface area contributed by atoms with Crippen molar-refractivity contribution in [1.82, 2.24) is 4.98 Å². The summed E-state index contributed by atoms with van der Waals surface area (Å²) in [5.41, 5.74) is 3.83. The summed E-state index contributed by atoms with van der Waals surface area (Å²) in [6.07, 6.45) is 0.272. The Morgan fingerprint density at radius 1 is 1.07 bits per heavy atom. The third kappa shape index (κ3) is 4.53. The molecule has 3 aromatic rings. The Balaban J connectivity index is 1.35. The highest BCUT2D eigenvalue weighted by atomic mass is 32.1. The maximum atomic E-state index is 12.3. The number of amides is 1. The molecular weight excluding hydrogens is 358 g/mol. The van der Waals surface area contributed by atoms with Crippen molar-refractivity contribution in [2.45, 2.75) is 6.42 Å². The van der Waals surface area contributed by atoms with Crippen LogP contribution in [0.2, 0.25) is 0 Å². The van der Waals surface area contributed by atoms with Crippen LogP contribution in [0.4, 0.5) is 11.4 Å². The van der Waals surface area contributed by atoms with E-state index < -0.39 is 0 Å². The summed E-state index contributed by atoms with van der Waals surface area (Å²) in [5, 5.41) is 5.84. The lowest BCUT2D eigenvalue weighted by Gasteiger charge is -2.28.